The number of hydrogen-bond donors (Lipinski definition) is 0. The first-order valence-electron chi connectivity index (χ1n) is 9.49. The van der Waals surface area contributed by atoms with Gasteiger partial charge in [-0.1, -0.05) is 12.1 Å². The van der Waals surface area contributed by atoms with E-state index in [2.05, 4.69) is 33.9 Å². The van der Waals surface area contributed by atoms with E-state index >= 15 is 0 Å². The molecule has 2 aliphatic heterocycles. The van der Waals surface area contributed by atoms with Gasteiger partial charge in [-0.3, -0.25) is 9.78 Å². The molecular weight excluding hydrogens is 324 g/mol. The first-order chi connectivity index (χ1) is 12.6. The molecule has 0 aromatic carbocycles. The van der Waals surface area contributed by atoms with Gasteiger partial charge in [0.25, 0.3) is 0 Å². The van der Waals surface area contributed by atoms with Gasteiger partial charge in [-0.05, 0) is 49.9 Å². The smallest absolute Gasteiger partial charge is 0.222 e. The molecule has 2 aromatic rings. The van der Waals surface area contributed by atoms with Crippen LogP contribution in [0.2, 0.25) is 0 Å². The van der Waals surface area contributed by atoms with Gasteiger partial charge in [-0.2, -0.15) is 0 Å². The standard InChI is InChI=1S/C21H26N4O/c1-17-6-7-19(23-13-17)24-12-4-9-21(15-24)10-8-20(26)25(16-21)14-18-5-2-3-11-22-18/h2-3,5-7,11,13H,4,8-10,12,14-16H2,1H3. The lowest BCUT2D eigenvalue weighted by molar-refractivity contribution is -0.138. The van der Waals surface area contributed by atoms with Gasteiger partial charge in [0, 0.05) is 43.9 Å². The summed E-state index contributed by atoms with van der Waals surface area (Å²) < 4.78 is 0. The van der Waals surface area contributed by atoms with E-state index in [0.29, 0.717) is 13.0 Å². The van der Waals surface area contributed by atoms with Crippen molar-refractivity contribution in [2.24, 2.45) is 5.41 Å². The van der Waals surface area contributed by atoms with Crippen LogP contribution >= 0.6 is 0 Å². The minimum absolute atomic E-state index is 0.174. The molecule has 0 radical (unpaired) electrons. The maximum Gasteiger partial charge on any atom is 0.222 e. The van der Waals surface area contributed by atoms with Crippen molar-refractivity contribution in [3.05, 3.63) is 54.0 Å². The maximum absolute atomic E-state index is 12.5. The summed E-state index contributed by atoms with van der Waals surface area (Å²) >= 11 is 0. The Hall–Kier alpha value is -2.43. The van der Waals surface area contributed by atoms with Crippen molar-refractivity contribution >= 4 is 11.7 Å². The van der Waals surface area contributed by atoms with E-state index in [0.717, 1.165) is 44.0 Å². The predicted molar refractivity (Wildman–Crippen MR) is 102 cm³/mol. The molecule has 1 spiro atoms. The van der Waals surface area contributed by atoms with Crippen LogP contribution in [0.15, 0.2) is 42.7 Å². The van der Waals surface area contributed by atoms with Gasteiger partial charge in [0.05, 0.1) is 12.2 Å². The van der Waals surface area contributed by atoms with Gasteiger partial charge >= 0.3 is 0 Å². The fraction of sp³-hybridized carbons (Fsp3) is 0.476. The molecule has 0 saturated carbocycles. The van der Waals surface area contributed by atoms with E-state index in [1.165, 1.54) is 12.0 Å². The number of aromatic nitrogens is 2. The lowest BCUT2D eigenvalue weighted by Crippen LogP contribution is -2.54. The Morgan fingerprint density at radius 3 is 2.81 bits per heavy atom. The molecule has 1 amide bonds. The third-order valence-electron chi connectivity index (χ3n) is 5.71. The Balaban J connectivity index is 1.49. The van der Waals surface area contributed by atoms with Crippen molar-refractivity contribution in [2.45, 2.75) is 39.2 Å². The average Bonchev–Trinajstić information content (AvgIpc) is 2.67. The van der Waals surface area contributed by atoms with Crippen molar-refractivity contribution in [3.8, 4) is 0 Å². The van der Waals surface area contributed by atoms with E-state index < -0.39 is 0 Å². The number of hydrogen-bond acceptors (Lipinski definition) is 4. The van der Waals surface area contributed by atoms with Crippen molar-refractivity contribution < 1.29 is 4.79 Å². The Morgan fingerprint density at radius 1 is 1.12 bits per heavy atom. The predicted octanol–water partition coefficient (Wildman–Crippen LogP) is 3.19. The Labute approximate surface area is 155 Å². The zero-order valence-electron chi connectivity index (χ0n) is 15.4. The second-order valence-electron chi connectivity index (χ2n) is 7.79. The number of piperidine rings is 2. The fourth-order valence-corrected chi connectivity index (χ4v) is 4.32. The van der Waals surface area contributed by atoms with Crippen LogP contribution in [0.5, 0.6) is 0 Å². The number of rotatable bonds is 3. The topological polar surface area (TPSA) is 49.3 Å². The molecule has 4 rings (SSSR count). The van der Waals surface area contributed by atoms with Gasteiger partial charge in [0.1, 0.15) is 5.82 Å². The van der Waals surface area contributed by atoms with Crippen molar-refractivity contribution in [2.75, 3.05) is 24.5 Å². The molecule has 2 aromatic heterocycles. The molecule has 5 heteroatoms. The number of anilines is 1. The zero-order valence-corrected chi connectivity index (χ0v) is 15.4. The molecule has 2 fully saturated rings. The molecule has 26 heavy (non-hydrogen) atoms. The van der Waals surface area contributed by atoms with E-state index in [9.17, 15) is 4.79 Å². The highest BCUT2D eigenvalue weighted by atomic mass is 16.2. The van der Waals surface area contributed by atoms with E-state index in [-0.39, 0.29) is 11.3 Å². The summed E-state index contributed by atoms with van der Waals surface area (Å²) in [4.78, 5) is 25.9. The zero-order chi connectivity index (χ0) is 18.0. The Kier molecular flexibility index (Phi) is 4.62. The lowest BCUT2D eigenvalue weighted by Gasteiger charge is -2.48. The van der Waals surface area contributed by atoms with Gasteiger partial charge in [0.2, 0.25) is 5.91 Å². The SMILES string of the molecule is Cc1ccc(N2CCCC3(CCC(=O)N(Cc4ccccn4)C3)C2)nc1. The molecule has 0 aliphatic carbocycles. The third kappa shape index (κ3) is 3.57. The van der Waals surface area contributed by atoms with Crippen LogP contribution in [-0.4, -0.2) is 40.4 Å². The molecule has 2 aliphatic rings. The fourth-order valence-electron chi connectivity index (χ4n) is 4.32. The van der Waals surface area contributed by atoms with E-state index in [4.69, 9.17) is 0 Å². The minimum Gasteiger partial charge on any atom is -0.356 e. The van der Waals surface area contributed by atoms with Crippen LogP contribution in [0, 0.1) is 12.3 Å². The van der Waals surface area contributed by atoms with Crippen molar-refractivity contribution in [3.63, 3.8) is 0 Å². The first-order valence-corrected chi connectivity index (χ1v) is 9.49. The molecule has 136 valence electrons. The van der Waals surface area contributed by atoms with Crippen molar-refractivity contribution in [1.29, 1.82) is 0 Å². The average molecular weight is 350 g/mol. The minimum atomic E-state index is 0.174. The Bertz CT molecular complexity index is 761. The summed E-state index contributed by atoms with van der Waals surface area (Å²) in [5.41, 5.74) is 2.32. The molecular formula is C21H26N4O. The van der Waals surface area contributed by atoms with Crippen molar-refractivity contribution in [1.82, 2.24) is 14.9 Å². The van der Waals surface area contributed by atoms with E-state index in [1.807, 2.05) is 29.3 Å². The number of likely N-dealkylation sites (tertiary alicyclic amines) is 1. The van der Waals surface area contributed by atoms with Crippen LogP contribution in [0.1, 0.15) is 36.9 Å². The number of amides is 1. The summed E-state index contributed by atoms with van der Waals surface area (Å²) in [5, 5.41) is 0. The summed E-state index contributed by atoms with van der Waals surface area (Å²) in [6, 6.07) is 10.1. The lowest BCUT2D eigenvalue weighted by atomic mass is 9.73. The summed E-state index contributed by atoms with van der Waals surface area (Å²) in [7, 11) is 0. The molecule has 2 saturated heterocycles. The molecule has 4 heterocycles. The third-order valence-corrected chi connectivity index (χ3v) is 5.71. The number of carbonyl (C=O) groups is 1. The quantitative estimate of drug-likeness (QED) is 0.853. The molecule has 0 bridgehead atoms. The van der Waals surface area contributed by atoms with Gasteiger partial charge in [-0.15, -0.1) is 0 Å². The normalized spacial score (nSPS) is 23.5. The molecule has 1 unspecified atom stereocenters. The van der Waals surface area contributed by atoms with Gasteiger partial charge in [0.15, 0.2) is 0 Å². The summed E-state index contributed by atoms with van der Waals surface area (Å²) in [6.07, 6.45) is 7.69. The van der Waals surface area contributed by atoms with Crippen LogP contribution < -0.4 is 4.90 Å². The van der Waals surface area contributed by atoms with Crippen LogP contribution in [0.3, 0.4) is 0 Å². The molecule has 1 atom stereocenters. The van der Waals surface area contributed by atoms with Crippen LogP contribution in [0.4, 0.5) is 5.82 Å². The highest BCUT2D eigenvalue weighted by molar-refractivity contribution is 5.77. The van der Waals surface area contributed by atoms with E-state index in [1.54, 1.807) is 6.20 Å². The maximum atomic E-state index is 12.5. The monoisotopic (exact) mass is 350 g/mol. The van der Waals surface area contributed by atoms with Crippen LogP contribution in [-0.2, 0) is 11.3 Å². The number of aryl methyl sites for hydroxylation is 1. The summed E-state index contributed by atoms with van der Waals surface area (Å²) in [5.74, 6) is 1.31. The summed E-state index contributed by atoms with van der Waals surface area (Å²) in [6.45, 7) is 5.53. The number of pyridine rings is 2. The highest BCUT2D eigenvalue weighted by Crippen LogP contribution is 2.40. The number of carbonyl (C=O) groups excluding carboxylic acids is 1. The number of nitrogens with zero attached hydrogens (tertiary/aromatic N) is 4. The first kappa shape index (κ1) is 17.0. The van der Waals surface area contributed by atoms with Crippen LogP contribution in [0.25, 0.3) is 0 Å². The Morgan fingerprint density at radius 2 is 2.04 bits per heavy atom. The largest absolute Gasteiger partial charge is 0.356 e. The second kappa shape index (κ2) is 7.06. The second-order valence-corrected chi connectivity index (χ2v) is 7.79. The van der Waals surface area contributed by atoms with Gasteiger partial charge < -0.3 is 9.80 Å². The molecule has 0 N–H and O–H groups in total. The van der Waals surface area contributed by atoms with Gasteiger partial charge in [-0.25, -0.2) is 4.98 Å². The molecule has 5 nitrogen and oxygen atoms in total. The highest BCUT2D eigenvalue weighted by Gasteiger charge is 2.42.